The third kappa shape index (κ3) is 10.3. The van der Waals surface area contributed by atoms with Crippen molar-refractivity contribution in [1.29, 1.82) is 0 Å². The van der Waals surface area contributed by atoms with Crippen molar-refractivity contribution in [3.8, 4) is 0 Å². The SMILES string of the molecule is CCCN(CCC)CC(C)OCC(C)N(CCC)CCC. The van der Waals surface area contributed by atoms with Gasteiger partial charge in [0.05, 0.1) is 12.7 Å². The van der Waals surface area contributed by atoms with Gasteiger partial charge in [0.2, 0.25) is 0 Å². The second-order valence-electron chi connectivity index (χ2n) is 6.33. The van der Waals surface area contributed by atoms with E-state index < -0.39 is 0 Å². The van der Waals surface area contributed by atoms with Gasteiger partial charge in [-0.3, -0.25) is 4.90 Å². The van der Waals surface area contributed by atoms with Crippen LogP contribution in [-0.4, -0.2) is 61.3 Å². The average molecular weight is 301 g/mol. The van der Waals surface area contributed by atoms with Crippen LogP contribution in [0.3, 0.4) is 0 Å². The molecule has 0 amide bonds. The number of rotatable bonds is 14. The predicted octanol–water partition coefficient (Wildman–Crippen LogP) is 4.02. The Morgan fingerprint density at radius 1 is 0.762 bits per heavy atom. The lowest BCUT2D eigenvalue weighted by atomic mass is 10.2. The normalized spacial score (nSPS) is 14.9. The zero-order valence-electron chi connectivity index (χ0n) is 15.5. The van der Waals surface area contributed by atoms with Crippen molar-refractivity contribution in [2.45, 2.75) is 79.4 Å². The van der Waals surface area contributed by atoms with Gasteiger partial charge in [-0.15, -0.1) is 0 Å². The molecule has 128 valence electrons. The molecule has 0 saturated heterocycles. The van der Waals surface area contributed by atoms with Crippen LogP contribution in [0.4, 0.5) is 0 Å². The van der Waals surface area contributed by atoms with Crippen molar-refractivity contribution in [2.24, 2.45) is 0 Å². The highest BCUT2D eigenvalue weighted by molar-refractivity contribution is 4.68. The smallest absolute Gasteiger partial charge is 0.0674 e. The second-order valence-corrected chi connectivity index (χ2v) is 6.33. The van der Waals surface area contributed by atoms with E-state index in [2.05, 4.69) is 51.3 Å². The van der Waals surface area contributed by atoms with Gasteiger partial charge < -0.3 is 9.64 Å². The van der Waals surface area contributed by atoms with Crippen LogP contribution >= 0.6 is 0 Å². The largest absolute Gasteiger partial charge is 0.376 e. The molecule has 0 spiro atoms. The first-order valence-corrected chi connectivity index (χ1v) is 9.16. The van der Waals surface area contributed by atoms with Crippen molar-refractivity contribution in [3.63, 3.8) is 0 Å². The van der Waals surface area contributed by atoms with Crippen LogP contribution in [-0.2, 0) is 4.74 Å². The lowest BCUT2D eigenvalue weighted by molar-refractivity contribution is 0.00407. The Kier molecular flexibility index (Phi) is 13.5. The maximum Gasteiger partial charge on any atom is 0.0674 e. The fraction of sp³-hybridized carbons (Fsp3) is 1.00. The molecule has 0 aliphatic heterocycles. The summed E-state index contributed by atoms with van der Waals surface area (Å²) in [5, 5.41) is 0. The highest BCUT2D eigenvalue weighted by atomic mass is 16.5. The highest BCUT2D eigenvalue weighted by Gasteiger charge is 2.15. The van der Waals surface area contributed by atoms with Gasteiger partial charge in [-0.25, -0.2) is 0 Å². The van der Waals surface area contributed by atoms with Gasteiger partial charge in [0.15, 0.2) is 0 Å². The summed E-state index contributed by atoms with van der Waals surface area (Å²) in [7, 11) is 0. The molecule has 0 heterocycles. The van der Waals surface area contributed by atoms with Gasteiger partial charge in [-0.1, -0.05) is 27.7 Å². The summed E-state index contributed by atoms with van der Waals surface area (Å²) < 4.78 is 6.12. The van der Waals surface area contributed by atoms with E-state index in [4.69, 9.17) is 4.74 Å². The molecule has 3 heteroatoms. The van der Waals surface area contributed by atoms with Gasteiger partial charge in [-0.05, 0) is 65.7 Å². The first-order chi connectivity index (χ1) is 10.1. The molecular formula is C18H40N2O. The molecular weight excluding hydrogens is 260 g/mol. The summed E-state index contributed by atoms with van der Waals surface area (Å²) in [5.74, 6) is 0. The third-order valence-corrected chi connectivity index (χ3v) is 3.86. The van der Waals surface area contributed by atoms with Crippen molar-refractivity contribution in [2.75, 3.05) is 39.3 Å². The standard InChI is InChI=1S/C18H40N2O/c1-7-11-19(12-8-2)15-18(6)21-16-17(5)20(13-9-3)14-10-4/h17-18H,7-16H2,1-6H3. The molecule has 0 aliphatic rings. The minimum absolute atomic E-state index is 0.329. The quantitative estimate of drug-likeness (QED) is 0.482. The molecule has 2 unspecified atom stereocenters. The van der Waals surface area contributed by atoms with Gasteiger partial charge in [0.25, 0.3) is 0 Å². The Morgan fingerprint density at radius 3 is 1.67 bits per heavy atom. The summed E-state index contributed by atoms with van der Waals surface area (Å²) in [6, 6.07) is 0.526. The van der Waals surface area contributed by atoms with Crippen molar-refractivity contribution < 1.29 is 4.74 Å². The third-order valence-electron chi connectivity index (χ3n) is 3.86. The van der Waals surface area contributed by atoms with E-state index in [0.717, 1.165) is 13.2 Å². The van der Waals surface area contributed by atoms with E-state index in [1.807, 2.05) is 0 Å². The monoisotopic (exact) mass is 300 g/mol. The zero-order chi connectivity index (χ0) is 16.1. The minimum Gasteiger partial charge on any atom is -0.376 e. The summed E-state index contributed by atoms with van der Waals surface area (Å²) in [6.45, 7) is 20.2. The molecule has 0 aliphatic carbocycles. The molecule has 0 fully saturated rings. The van der Waals surface area contributed by atoms with Crippen LogP contribution in [0, 0.1) is 0 Å². The van der Waals surface area contributed by atoms with Crippen molar-refractivity contribution in [1.82, 2.24) is 9.80 Å². The Balaban J connectivity index is 4.10. The number of nitrogens with zero attached hydrogens (tertiary/aromatic N) is 2. The molecule has 0 N–H and O–H groups in total. The van der Waals surface area contributed by atoms with Gasteiger partial charge in [-0.2, -0.15) is 0 Å². The van der Waals surface area contributed by atoms with E-state index in [9.17, 15) is 0 Å². The zero-order valence-corrected chi connectivity index (χ0v) is 15.5. The maximum atomic E-state index is 6.12. The lowest BCUT2D eigenvalue weighted by Gasteiger charge is -2.30. The molecule has 0 radical (unpaired) electrons. The minimum atomic E-state index is 0.329. The summed E-state index contributed by atoms with van der Waals surface area (Å²) in [6.07, 6.45) is 5.23. The van der Waals surface area contributed by atoms with Gasteiger partial charge in [0, 0.05) is 12.6 Å². The van der Waals surface area contributed by atoms with Crippen LogP contribution in [0.2, 0.25) is 0 Å². The van der Waals surface area contributed by atoms with Gasteiger partial charge in [0.1, 0.15) is 0 Å². The average Bonchev–Trinajstić information content (AvgIpc) is 2.45. The van der Waals surface area contributed by atoms with Crippen LogP contribution in [0.25, 0.3) is 0 Å². The first kappa shape index (κ1) is 20.9. The van der Waals surface area contributed by atoms with E-state index in [1.54, 1.807) is 0 Å². The molecule has 3 nitrogen and oxygen atoms in total. The Hall–Kier alpha value is -0.120. The molecule has 0 bridgehead atoms. The molecule has 0 aromatic carbocycles. The molecule has 0 rings (SSSR count). The van der Waals surface area contributed by atoms with Crippen LogP contribution in [0.15, 0.2) is 0 Å². The highest BCUT2D eigenvalue weighted by Crippen LogP contribution is 2.06. The summed E-state index contributed by atoms with van der Waals surface area (Å²) in [5.41, 5.74) is 0. The fourth-order valence-corrected chi connectivity index (χ4v) is 2.88. The number of ether oxygens (including phenoxy) is 1. The second kappa shape index (κ2) is 13.5. The first-order valence-electron chi connectivity index (χ1n) is 9.16. The molecule has 0 aromatic rings. The molecule has 0 aromatic heterocycles. The van der Waals surface area contributed by atoms with Crippen LogP contribution in [0.5, 0.6) is 0 Å². The van der Waals surface area contributed by atoms with Crippen molar-refractivity contribution >= 4 is 0 Å². The lowest BCUT2D eigenvalue weighted by Crippen LogP contribution is -2.40. The number of hydrogen-bond acceptors (Lipinski definition) is 3. The van der Waals surface area contributed by atoms with Crippen LogP contribution < -0.4 is 0 Å². The molecule has 0 saturated carbocycles. The number of hydrogen-bond donors (Lipinski definition) is 0. The van der Waals surface area contributed by atoms with E-state index in [-0.39, 0.29) is 0 Å². The van der Waals surface area contributed by atoms with E-state index in [0.29, 0.717) is 12.1 Å². The summed E-state index contributed by atoms with van der Waals surface area (Å²) in [4.78, 5) is 5.09. The van der Waals surface area contributed by atoms with Crippen molar-refractivity contribution in [3.05, 3.63) is 0 Å². The molecule has 2 atom stereocenters. The van der Waals surface area contributed by atoms with Crippen LogP contribution in [0.1, 0.15) is 67.2 Å². The summed E-state index contributed by atoms with van der Waals surface area (Å²) >= 11 is 0. The Labute approximate surface area is 134 Å². The topological polar surface area (TPSA) is 15.7 Å². The fourth-order valence-electron chi connectivity index (χ4n) is 2.88. The predicted molar refractivity (Wildman–Crippen MR) is 94.1 cm³/mol. The van der Waals surface area contributed by atoms with E-state index >= 15 is 0 Å². The van der Waals surface area contributed by atoms with E-state index in [1.165, 1.54) is 51.9 Å². The Bertz CT molecular complexity index is 211. The maximum absolute atomic E-state index is 6.12. The van der Waals surface area contributed by atoms with Gasteiger partial charge >= 0.3 is 0 Å². The Morgan fingerprint density at radius 2 is 1.24 bits per heavy atom. The molecule has 21 heavy (non-hydrogen) atoms.